The van der Waals surface area contributed by atoms with Gasteiger partial charge in [-0.1, -0.05) is 0 Å². The predicted octanol–water partition coefficient (Wildman–Crippen LogP) is 1.60. The zero-order valence-corrected chi connectivity index (χ0v) is 11.9. The fraction of sp³-hybridized carbons (Fsp3) is 0.267. The second-order valence-corrected chi connectivity index (χ2v) is 4.81. The van der Waals surface area contributed by atoms with Gasteiger partial charge in [0.1, 0.15) is 5.69 Å². The molecule has 0 aliphatic carbocycles. The number of aromatic nitrogens is 1. The summed E-state index contributed by atoms with van der Waals surface area (Å²) in [7, 11) is 0. The molecule has 0 atom stereocenters. The predicted molar refractivity (Wildman–Crippen MR) is 77.6 cm³/mol. The Morgan fingerprint density at radius 2 is 2.14 bits per heavy atom. The Labute approximate surface area is 122 Å². The Hall–Kier alpha value is -2.63. The van der Waals surface area contributed by atoms with Crippen molar-refractivity contribution < 1.29 is 14.0 Å². The first-order valence-corrected chi connectivity index (χ1v) is 6.64. The number of hydrogen-bond donors (Lipinski definition) is 2. The SMILES string of the molecule is CC(C)NC(=O)CNC(=O)c1ccnc(-c2ccco2)c1. The van der Waals surface area contributed by atoms with Gasteiger partial charge >= 0.3 is 0 Å². The van der Waals surface area contributed by atoms with E-state index in [0.29, 0.717) is 17.0 Å². The van der Waals surface area contributed by atoms with Crippen molar-refractivity contribution in [2.75, 3.05) is 6.54 Å². The van der Waals surface area contributed by atoms with Crippen LogP contribution in [0, 0.1) is 0 Å². The van der Waals surface area contributed by atoms with Crippen LogP contribution in [0.5, 0.6) is 0 Å². The summed E-state index contributed by atoms with van der Waals surface area (Å²) in [6.45, 7) is 3.66. The number of carbonyl (C=O) groups excluding carboxylic acids is 2. The number of furan rings is 1. The zero-order valence-electron chi connectivity index (χ0n) is 11.9. The second kappa shape index (κ2) is 6.69. The van der Waals surface area contributed by atoms with Crippen molar-refractivity contribution in [2.45, 2.75) is 19.9 Å². The van der Waals surface area contributed by atoms with Crippen LogP contribution in [0.1, 0.15) is 24.2 Å². The Bertz CT molecular complexity index is 621. The summed E-state index contributed by atoms with van der Waals surface area (Å²) in [5.41, 5.74) is 0.994. The maximum Gasteiger partial charge on any atom is 0.251 e. The molecular formula is C15H17N3O3. The van der Waals surface area contributed by atoms with Crippen molar-refractivity contribution in [1.82, 2.24) is 15.6 Å². The van der Waals surface area contributed by atoms with Gasteiger partial charge in [-0.2, -0.15) is 0 Å². The van der Waals surface area contributed by atoms with Gasteiger partial charge < -0.3 is 15.1 Å². The summed E-state index contributed by atoms with van der Waals surface area (Å²) < 4.78 is 5.24. The molecule has 2 amide bonds. The largest absolute Gasteiger partial charge is 0.463 e. The van der Waals surface area contributed by atoms with Crippen LogP contribution in [0.25, 0.3) is 11.5 Å². The molecule has 0 aliphatic heterocycles. The minimum atomic E-state index is -0.330. The van der Waals surface area contributed by atoms with Crippen molar-refractivity contribution in [3.05, 3.63) is 42.3 Å². The van der Waals surface area contributed by atoms with E-state index >= 15 is 0 Å². The van der Waals surface area contributed by atoms with Gasteiger partial charge in [-0.25, -0.2) is 0 Å². The molecule has 2 rings (SSSR count). The molecule has 0 aromatic carbocycles. The Morgan fingerprint density at radius 3 is 2.81 bits per heavy atom. The van der Waals surface area contributed by atoms with Crippen molar-refractivity contribution in [3.63, 3.8) is 0 Å². The smallest absolute Gasteiger partial charge is 0.251 e. The average Bonchev–Trinajstić information content (AvgIpc) is 2.98. The molecule has 6 heteroatoms. The van der Waals surface area contributed by atoms with Crippen LogP contribution in [0.2, 0.25) is 0 Å². The summed E-state index contributed by atoms with van der Waals surface area (Å²) in [6.07, 6.45) is 3.07. The summed E-state index contributed by atoms with van der Waals surface area (Å²) in [6, 6.07) is 6.76. The van der Waals surface area contributed by atoms with E-state index in [0.717, 1.165) is 0 Å². The van der Waals surface area contributed by atoms with Gasteiger partial charge in [0.05, 0.1) is 12.8 Å². The van der Waals surface area contributed by atoms with E-state index in [9.17, 15) is 9.59 Å². The van der Waals surface area contributed by atoms with Gasteiger partial charge in [0.25, 0.3) is 5.91 Å². The lowest BCUT2D eigenvalue weighted by Gasteiger charge is -2.09. The molecule has 0 spiro atoms. The lowest BCUT2D eigenvalue weighted by molar-refractivity contribution is -0.120. The van der Waals surface area contributed by atoms with Crippen molar-refractivity contribution >= 4 is 11.8 Å². The van der Waals surface area contributed by atoms with E-state index in [1.165, 1.54) is 6.20 Å². The molecule has 110 valence electrons. The summed E-state index contributed by atoms with van der Waals surface area (Å²) in [5.74, 6) is 0.0324. The van der Waals surface area contributed by atoms with E-state index < -0.39 is 0 Å². The average molecular weight is 287 g/mol. The van der Waals surface area contributed by atoms with E-state index in [2.05, 4.69) is 15.6 Å². The maximum absolute atomic E-state index is 12.0. The first-order chi connectivity index (χ1) is 10.1. The van der Waals surface area contributed by atoms with Crippen LogP contribution in [-0.4, -0.2) is 29.4 Å². The fourth-order valence-electron chi connectivity index (χ4n) is 1.77. The normalized spacial score (nSPS) is 10.4. The molecule has 0 fully saturated rings. The number of carbonyl (C=O) groups is 2. The molecule has 2 N–H and O–H groups in total. The number of nitrogens with zero attached hydrogens (tertiary/aromatic N) is 1. The molecule has 0 saturated heterocycles. The number of rotatable bonds is 5. The zero-order chi connectivity index (χ0) is 15.2. The minimum Gasteiger partial charge on any atom is -0.463 e. The topological polar surface area (TPSA) is 84.2 Å². The van der Waals surface area contributed by atoms with Gasteiger partial charge in [0.2, 0.25) is 5.91 Å². The highest BCUT2D eigenvalue weighted by atomic mass is 16.3. The van der Waals surface area contributed by atoms with Gasteiger partial charge in [0.15, 0.2) is 5.76 Å². The third-order valence-electron chi connectivity index (χ3n) is 2.65. The number of hydrogen-bond acceptors (Lipinski definition) is 4. The fourth-order valence-corrected chi connectivity index (χ4v) is 1.77. The lowest BCUT2D eigenvalue weighted by atomic mass is 10.2. The summed E-state index contributed by atoms with van der Waals surface area (Å²) in [4.78, 5) is 27.6. The quantitative estimate of drug-likeness (QED) is 0.874. The molecule has 0 unspecified atom stereocenters. The standard InChI is InChI=1S/C15H17N3O3/c1-10(2)18-14(19)9-17-15(20)11-5-6-16-12(8-11)13-4-3-7-21-13/h3-8,10H,9H2,1-2H3,(H,17,20)(H,18,19). The molecule has 0 radical (unpaired) electrons. The number of pyridine rings is 1. The molecule has 0 aliphatic rings. The Kier molecular flexibility index (Phi) is 4.71. The third-order valence-corrected chi connectivity index (χ3v) is 2.65. The van der Waals surface area contributed by atoms with E-state index in [1.54, 1.807) is 30.5 Å². The van der Waals surface area contributed by atoms with Gasteiger partial charge in [0, 0.05) is 17.8 Å². The molecule has 21 heavy (non-hydrogen) atoms. The third kappa shape index (κ3) is 4.17. The highest BCUT2D eigenvalue weighted by molar-refractivity contribution is 5.97. The van der Waals surface area contributed by atoms with Crippen LogP contribution in [-0.2, 0) is 4.79 Å². The van der Waals surface area contributed by atoms with Crippen LogP contribution in [0.15, 0.2) is 41.1 Å². The van der Waals surface area contributed by atoms with Crippen LogP contribution >= 0.6 is 0 Å². The first kappa shape index (κ1) is 14.8. The maximum atomic E-state index is 12.0. The van der Waals surface area contributed by atoms with Crippen molar-refractivity contribution in [2.24, 2.45) is 0 Å². The highest BCUT2D eigenvalue weighted by Gasteiger charge is 2.11. The molecule has 0 bridgehead atoms. The Balaban J connectivity index is 2.00. The van der Waals surface area contributed by atoms with Crippen molar-refractivity contribution in [3.8, 4) is 11.5 Å². The summed E-state index contributed by atoms with van der Waals surface area (Å²) >= 11 is 0. The van der Waals surface area contributed by atoms with Crippen molar-refractivity contribution in [1.29, 1.82) is 0 Å². The van der Waals surface area contributed by atoms with Crippen LogP contribution < -0.4 is 10.6 Å². The molecule has 2 aromatic heterocycles. The van der Waals surface area contributed by atoms with E-state index in [1.807, 2.05) is 13.8 Å². The van der Waals surface area contributed by atoms with Gasteiger partial charge in [-0.05, 0) is 38.1 Å². The minimum absolute atomic E-state index is 0.0425. The second-order valence-electron chi connectivity index (χ2n) is 4.81. The number of amides is 2. The molecular weight excluding hydrogens is 270 g/mol. The molecule has 6 nitrogen and oxygen atoms in total. The first-order valence-electron chi connectivity index (χ1n) is 6.64. The van der Waals surface area contributed by atoms with E-state index in [-0.39, 0.29) is 24.4 Å². The molecule has 0 saturated carbocycles. The van der Waals surface area contributed by atoms with Gasteiger partial charge in [-0.3, -0.25) is 14.6 Å². The Morgan fingerprint density at radius 1 is 1.33 bits per heavy atom. The molecule has 2 heterocycles. The van der Waals surface area contributed by atoms with Crippen LogP contribution in [0.3, 0.4) is 0 Å². The van der Waals surface area contributed by atoms with E-state index in [4.69, 9.17) is 4.42 Å². The highest BCUT2D eigenvalue weighted by Crippen LogP contribution is 2.17. The monoisotopic (exact) mass is 287 g/mol. The van der Waals surface area contributed by atoms with Gasteiger partial charge in [-0.15, -0.1) is 0 Å². The number of nitrogens with one attached hydrogen (secondary N) is 2. The summed E-state index contributed by atoms with van der Waals surface area (Å²) in [5, 5.41) is 5.27. The van der Waals surface area contributed by atoms with Crippen LogP contribution in [0.4, 0.5) is 0 Å². The molecule has 2 aromatic rings. The lowest BCUT2D eigenvalue weighted by Crippen LogP contribution is -2.39.